The fourth-order valence-electron chi connectivity index (χ4n) is 7.64. The van der Waals surface area contributed by atoms with E-state index < -0.39 is 0 Å². The van der Waals surface area contributed by atoms with Gasteiger partial charge in [0, 0.05) is 42.2 Å². The summed E-state index contributed by atoms with van der Waals surface area (Å²) in [4.78, 5) is 9.84. The number of fused-ring (bicyclic) bond motifs is 12. The van der Waals surface area contributed by atoms with Gasteiger partial charge in [0.15, 0.2) is 0 Å². The topological polar surface area (TPSA) is 43.9 Å². The van der Waals surface area contributed by atoms with Gasteiger partial charge in [0.2, 0.25) is 5.71 Å². The first kappa shape index (κ1) is 26.7. The Morgan fingerprint density at radius 1 is 0.551 bits per heavy atom. The van der Waals surface area contributed by atoms with E-state index in [-0.39, 0.29) is 0 Å². The molecule has 0 N–H and O–H groups in total. The van der Waals surface area contributed by atoms with Crippen LogP contribution >= 0.6 is 11.3 Å². The van der Waals surface area contributed by atoms with Gasteiger partial charge in [0.25, 0.3) is 0 Å². The number of para-hydroxylation sites is 1. The van der Waals surface area contributed by atoms with Gasteiger partial charge in [-0.1, -0.05) is 103 Å². The maximum absolute atomic E-state index is 6.12. The zero-order valence-electron chi connectivity index (χ0n) is 26.1. The molecule has 4 heterocycles. The standard InChI is InChI=1S/C44H25N3OS/c1-2-14-31-26(9-1)19-22-38-41(31)42-44(48-38)45-25-35(46-42)29-12-7-10-27(23-29)28-11-8-13-30(24-28)47-36-17-5-3-16-34(36)40-37(47)21-20-33-32-15-4-6-18-39(32)49-43(33)40/h1-25H. The van der Waals surface area contributed by atoms with Crippen LogP contribution in [0.1, 0.15) is 0 Å². The van der Waals surface area contributed by atoms with Crippen molar-refractivity contribution in [1.82, 2.24) is 14.5 Å². The molecule has 0 amide bonds. The second kappa shape index (κ2) is 10.1. The minimum Gasteiger partial charge on any atom is -0.436 e. The number of hydrogen-bond donors (Lipinski definition) is 0. The normalized spacial score (nSPS) is 12.1. The van der Waals surface area contributed by atoms with Crippen LogP contribution in [0, 0.1) is 0 Å². The Labute approximate surface area is 284 Å². The van der Waals surface area contributed by atoms with Crippen LogP contribution in [-0.2, 0) is 0 Å². The molecule has 0 unspecified atom stereocenters. The number of furan rings is 1. The van der Waals surface area contributed by atoms with Gasteiger partial charge in [-0.25, -0.2) is 9.97 Å². The molecule has 0 atom stereocenters. The zero-order chi connectivity index (χ0) is 32.1. The third-order valence-corrected chi connectivity index (χ3v) is 11.1. The van der Waals surface area contributed by atoms with Crippen molar-refractivity contribution in [3.8, 4) is 28.1 Å². The predicted octanol–water partition coefficient (Wildman–Crippen LogP) is 12.3. The largest absolute Gasteiger partial charge is 0.436 e. The van der Waals surface area contributed by atoms with Crippen molar-refractivity contribution in [2.45, 2.75) is 0 Å². The molecule has 0 aliphatic heterocycles. The molecule has 0 saturated heterocycles. The van der Waals surface area contributed by atoms with E-state index in [1.165, 1.54) is 42.0 Å². The Morgan fingerprint density at radius 2 is 1.33 bits per heavy atom. The molecular formula is C44H25N3OS. The van der Waals surface area contributed by atoms with Gasteiger partial charge < -0.3 is 8.98 Å². The van der Waals surface area contributed by atoms with Crippen LogP contribution in [0.5, 0.6) is 0 Å². The minimum absolute atomic E-state index is 0.554. The van der Waals surface area contributed by atoms with Crippen LogP contribution < -0.4 is 0 Å². The fraction of sp³-hybridized carbons (Fsp3) is 0. The first-order valence-electron chi connectivity index (χ1n) is 16.4. The van der Waals surface area contributed by atoms with E-state index in [0.717, 1.165) is 55.3 Å². The first-order valence-corrected chi connectivity index (χ1v) is 17.2. The highest BCUT2D eigenvalue weighted by Crippen LogP contribution is 2.43. The Balaban J connectivity index is 1.06. The summed E-state index contributed by atoms with van der Waals surface area (Å²) >= 11 is 1.89. The summed E-state index contributed by atoms with van der Waals surface area (Å²) in [5, 5.41) is 8.51. The van der Waals surface area contributed by atoms with Gasteiger partial charge in [0.05, 0.1) is 28.3 Å². The lowest BCUT2D eigenvalue weighted by atomic mass is 10.0. The van der Waals surface area contributed by atoms with E-state index in [1.54, 1.807) is 0 Å². The number of hydrogen-bond acceptors (Lipinski definition) is 4. The summed E-state index contributed by atoms with van der Waals surface area (Å²) < 4.78 is 11.2. The molecule has 0 radical (unpaired) electrons. The van der Waals surface area contributed by atoms with E-state index in [1.807, 2.05) is 23.6 Å². The van der Waals surface area contributed by atoms with Gasteiger partial charge >= 0.3 is 0 Å². The van der Waals surface area contributed by atoms with Gasteiger partial charge in [-0.3, -0.25) is 0 Å². The lowest BCUT2D eigenvalue weighted by Crippen LogP contribution is -1.94. The number of benzene rings is 7. The van der Waals surface area contributed by atoms with Crippen molar-refractivity contribution in [3.63, 3.8) is 0 Å². The van der Waals surface area contributed by atoms with Crippen molar-refractivity contribution in [1.29, 1.82) is 0 Å². The molecule has 0 fully saturated rings. The predicted molar refractivity (Wildman–Crippen MR) is 205 cm³/mol. The molecule has 49 heavy (non-hydrogen) atoms. The van der Waals surface area contributed by atoms with Gasteiger partial charge in [-0.05, 0) is 64.4 Å². The Kier molecular flexibility index (Phi) is 5.51. The summed E-state index contributed by atoms with van der Waals surface area (Å²) in [5.74, 6) is 0. The van der Waals surface area contributed by atoms with Gasteiger partial charge in [-0.2, -0.15) is 0 Å². The molecule has 4 nitrogen and oxygen atoms in total. The molecule has 5 heteroatoms. The van der Waals surface area contributed by atoms with E-state index in [2.05, 4.69) is 144 Å². The van der Waals surface area contributed by atoms with Crippen LogP contribution in [0.3, 0.4) is 0 Å². The maximum Gasteiger partial charge on any atom is 0.246 e. The average molecular weight is 644 g/mol. The van der Waals surface area contributed by atoms with Crippen molar-refractivity contribution in [2.24, 2.45) is 0 Å². The lowest BCUT2D eigenvalue weighted by Gasteiger charge is -2.11. The summed E-state index contributed by atoms with van der Waals surface area (Å²) in [6, 6.07) is 52.0. The molecule has 0 saturated carbocycles. The highest BCUT2D eigenvalue weighted by molar-refractivity contribution is 7.26. The first-order chi connectivity index (χ1) is 24.3. The molecule has 0 bridgehead atoms. The van der Waals surface area contributed by atoms with Gasteiger partial charge in [0.1, 0.15) is 11.1 Å². The Bertz CT molecular complexity index is 3130. The molecule has 0 aliphatic carbocycles. The molecule has 0 spiro atoms. The van der Waals surface area contributed by atoms with Crippen molar-refractivity contribution in [3.05, 3.63) is 152 Å². The SMILES string of the molecule is c1cc(-c2cccc(-n3c4ccccc4c4c5sc6ccccc6c5ccc43)c2)cc(-c2cnc3oc4ccc5ccccc5c4c3n2)c1. The van der Waals surface area contributed by atoms with Crippen LogP contribution in [0.4, 0.5) is 0 Å². The monoisotopic (exact) mass is 643 g/mol. The fourth-order valence-corrected chi connectivity index (χ4v) is 8.89. The van der Waals surface area contributed by atoms with E-state index >= 15 is 0 Å². The molecule has 0 aliphatic rings. The van der Waals surface area contributed by atoms with E-state index in [0.29, 0.717) is 5.71 Å². The highest BCUT2D eigenvalue weighted by atomic mass is 32.1. The summed E-state index contributed by atoms with van der Waals surface area (Å²) in [7, 11) is 0. The third kappa shape index (κ3) is 3.91. The Morgan fingerprint density at radius 3 is 2.27 bits per heavy atom. The number of rotatable bonds is 3. The van der Waals surface area contributed by atoms with Crippen LogP contribution in [-0.4, -0.2) is 14.5 Å². The smallest absolute Gasteiger partial charge is 0.246 e. The number of thiophene rings is 1. The molecule has 11 rings (SSSR count). The molecule has 4 aromatic heterocycles. The summed E-state index contributed by atoms with van der Waals surface area (Å²) in [5.41, 5.74) is 9.78. The maximum atomic E-state index is 6.12. The average Bonchev–Trinajstić information content (AvgIpc) is 3.84. The zero-order valence-corrected chi connectivity index (χ0v) is 26.9. The second-order valence-electron chi connectivity index (χ2n) is 12.6. The van der Waals surface area contributed by atoms with Crippen molar-refractivity contribution < 1.29 is 4.42 Å². The van der Waals surface area contributed by atoms with Crippen LogP contribution in [0.25, 0.3) is 103 Å². The molecule has 7 aromatic carbocycles. The van der Waals surface area contributed by atoms with Crippen LogP contribution in [0.15, 0.2) is 156 Å². The lowest BCUT2D eigenvalue weighted by molar-refractivity contribution is 0.653. The molecule has 11 aromatic rings. The minimum atomic E-state index is 0.554. The second-order valence-corrected chi connectivity index (χ2v) is 13.6. The Hall–Kier alpha value is -6.30. The quantitative estimate of drug-likeness (QED) is 0.192. The summed E-state index contributed by atoms with van der Waals surface area (Å²) in [6.07, 6.45) is 1.81. The van der Waals surface area contributed by atoms with Crippen molar-refractivity contribution >= 4 is 86.3 Å². The number of aromatic nitrogens is 3. The van der Waals surface area contributed by atoms with Crippen molar-refractivity contribution in [2.75, 3.05) is 0 Å². The molecule has 228 valence electrons. The van der Waals surface area contributed by atoms with E-state index in [9.17, 15) is 0 Å². The summed E-state index contributed by atoms with van der Waals surface area (Å²) in [6.45, 7) is 0. The number of nitrogens with zero attached hydrogens (tertiary/aromatic N) is 3. The third-order valence-electron chi connectivity index (χ3n) is 9.85. The van der Waals surface area contributed by atoms with Gasteiger partial charge in [-0.15, -0.1) is 11.3 Å². The molecular weight excluding hydrogens is 619 g/mol. The van der Waals surface area contributed by atoms with E-state index in [4.69, 9.17) is 14.4 Å². The van der Waals surface area contributed by atoms with Crippen LogP contribution in [0.2, 0.25) is 0 Å². The highest BCUT2D eigenvalue weighted by Gasteiger charge is 2.18.